The molecule has 1 aromatic carbocycles. The number of nitrogens with two attached hydrogens (primary N) is 1. The van der Waals surface area contributed by atoms with Crippen molar-refractivity contribution < 1.29 is 42.6 Å². The Morgan fingerprint density at radius 2 is 1.52 bits per heavy atom. The Kier molecular flexibility index (Phi) is 22.4. The van der Waals surface area contributed by atoms with Crippen molar-refractivity contribution >= 4 is 32.9 Å². The molecular formula is C47H84N5O9Si. The first-order valence-electron chi connectivity index (χ1n) is 22.6. The second-order valence-electron chi connectivity index (χ2n) is 20.6. The third kappa shape index (κ3) is 19.2. The quantitative estimate of drug-likeness (QED) is 0.0448. The highest BCUT2D eigenvalue weighted by atomic mass is 28.3. The molecule has 355 valence electrons. The number of nitrogens with one attached hydrogen (secondary N) is 3. The van der Waals surface area contributed by atoms with Gasteiger partial charge in [0.05, 0.1) is 30.8 Å². The molecule has 1 saturated heterocycles. The van der Waals surface area contributed by atoms with Crippen molar-refractivity contribution in [2.45, 2.75) is 146 Å². The second-order valence-corrected chi connectivity index (χ2v) is 22.7. The lowest BCUT2D eigenvalue weighted by Gasteiger charge is -2.43. The van der Waals surface area contributed by atoms with Crippen molar-refractivity contribution in [3.05, 3.63) is 29.3 Å². The second kappa shape index (κ2) is 25.3. The molecule has 1 aromatic rings. The summed E-state index contributed by atoms with van der Waals surface area (Å²) in [5, 5.41) is 9.53. The highest BCUT2D eigenvalue weighted by Crippen LogP contribution is 2.40. The maximum atomic E-state index is 14.5. The van der Waals surface area contributed by atoms with E-state index in [0.717, 1.165) is 38.0 Å². The van der Waals surface area contributed by atoms with Gasteiger partial charge in [0, 0.05) is 57.8 Å². The number of hydrogen-bond acceptors (Lipinski definition) is 10. The zero-order valence-corrected chi connectivity index (χ0v) is 42.0. The Hall–Kier alpha value is -3.24. The first kappa shape index (κ1) is 54.9. The molecule has 62 heavy (non-hydrogen) atoms. The Morgan fingerprint density at radius 1 is 0.887 bits per heavy atom. The monoisotopic (exact) mass is 891 g/mol. The van der Waals surface area contributed by atoms with Crippen LogP contribution in [-0.4, -0.2) is 109 Å². The van der Waals surface area contributed by atoms with Crippen LogP contribution in [-0.2, 0) is 34.8 Å². The third-order valence-electron chi connectivity index (χ3n) is 11.5. The number of carbonyl (C=O) groups excluding carboxylic acids is 4. The molecule has 15 heteroatoms. The third-order valence-corrected chi connectivity index (χ3v) is 12.3. The van der Waals surface area contributed by atoms with E-state index in [0.29, 0.717) is 50.6 Å². The molecule has 0 aliphatic carbocycles. The highest BCUT2D eigenvalue weighted by Gasteiger charge is 2.42. The topological polar surface area (TPSA) is 180 Å². The Labute approximate surface area is 375 Å². The molecule has 0 spiro atoms. The molecule has 1 unspecified atom stereocenters. The maximum absolute atomic E-state index is 14.5. The minimum absolute atomic E-state index is 0.00201. The van der Waals surface area contributed by atoms with Gasteiger partial charge in [-0.05, 0) is 114 Å². The van der Waals surface area contributed by atoms with Gasteiger partial charge in [-0.25, -0.2) is 4.79 Å². The van der Waals surface area contributed by atoms with Gasteiger partial charge in [-0.2, -0.15) is 0 Å². The van der Waals surface area contributed by atoms with Crippen LogP contribution in [0.4, 0.5) is 4.79 Å². The molecule has 0 bridgehead atoms. The smallest absolute Gasteiger partial charge is 0.407 e. The van der Waals surface area contributed by atoms with Crippen molar-refractivity contribution in [2.75, 3.05) is 53.2 Å². The van der Waals surface area contributed by atoms with E-state index in [1.165, 1.54) is 0 Å². The molecule has 1 heterocycles. The van der Waals surface area contributed by atoms with Gasteiger partial charge in [0.2, 0.25) is 20.9 Å². The number of alkyl carbamates (subject to hydrolysis) is 1. The molecule has 1 radical (unpaired) electrons. The molecule has 1 aliphatic rings. The molecular weight excluding hydrogens is 807 g/mol. The van der Waals surface area contributed by atoms with E-state index in [1.54, 1.807) is 21.0 Å². The number of benzene rings is 1. The average Bonchev–Trinajstić information content (AvgIpc) is 3.14. The Bertz CT molecular complexity index is 1550. The van der Waals surface area contributed by atoms with Crippen molar-refractivity contribution in [2.24, 2.45) is 46.2 Å². The summed E-state index contributed by atoms with van der Waals surface area (Å²) in [7, 11) is 0.320. The fourth-order valence-electron chi connectivity index (χ4n) is 7.63. The SMILES string of the molecule is COCCCCOc1cc(CN2CCOCC2)ccc1C(=O)NC(O[Si](C)C)[C@@H](C[C@H](NC(=O)OC(C)(C)C)[C@@H](C[C@H](C(=O)NCC(C)(C)C(N)=O)C(C)C)C(C)(C)C)C(C)C. The van der Waals surface area contributed by atoms with Crippen LogP contribution in [0.25, 0.3) is 0 Å². The molecule has 1 fully saturated rings. The molecule has 5 N–H and O–H groups in total. The summed E-state index contributed by atoms with van der Waals surface area (Å²) in [6.45, 7) is 32.5. The predicted molar refractivity (Wildman–Crippen MR) is 247 cm³/mol. The lowest BCUT2D eigenvalue weighted by atomic mass is 9.67. The Balaban J connectivity index is 2.61. The summed E-state index contributed by atoms with van der Waals surface area (Å²) in [4.78, 5) is 56.7. The molecule has 14 nitrogen and oxygen atoms in total. The number of hydrogen-bond donors (Lipinski definition) is 4. The molecule has 1 aliphatic heterocycles. The number of unbranched alkanes of at least 4 members (excludes halogenated alkanes) is 1. The maximum Gasteiger partial charge on any atom is 0.407 e. The lowest BCUT2D eigenvalue weighted by Crippen LogP contribution is -2.53. The summed E-state index contributed by atoms with van der Waals surface area (Å²) in [6.07, 6.45) is 1.19. The van der Waals surface area contributed by atoms with E-state index in [2.05, 4.69) is 55.5 Å². The van der Waals surface area contributed by atoms with Gasteiger partial charge >= 0.3 is 6.09 Å². The minimum atomic E-state index is -1.36. The van der Waals surface area contributed by atoms with Gasteiger partial charge in [0.25, 0.3) is 5.91 Å². The average molecular weight is 891 g/mol. The van der Waals surface area contributed by atoms with Crippen LogP contribution < -0.4 is 26.4 Å². The van der Waals surface area contributed by atoms with Gasteiger partial charge in [-0.15, -0.1) is 0 Å². The van der Waals surface area contributed by atoms with Crippen LogP contribution in [0.2, 0.25) is 13.1 Å². The van der Waals surface area contributed by atoms with E-state index in [9.17, 15) is 19.2 Å². The van der Waals surface area contributed by atoms with Crippen molar-refractivity contribution in [3.8, 4) is 5.75 Å². The highest BCUT2D eigenvalue weighted by molar-refractivity contribution is 6.48. The van der Waals surface area contributed by atoms with Crippen LogP contribution in [0.3, 0.4) is 0 Å². The minimum Gasteiger partial charge on any atom is -0.493 e. The van der Waals surface area contributed by atoms with Crippen LogP contribution >= 0.6 is 0 Å². The largest absolute Gasteiger partial charge is 0.493 e. The van der Waals surface area contributed by atoms with Crippen LogP contribution in [0.15, 0.2) is 18.2 Å². The number of amides is 4. The van der Waals surface area contributed by atoms with Crippen molar-refractivity contribution in [1.29, 1.82) is 0 Å². The van der Waals surface area contributed by atoms with Crippen molar-refractivity contribution in [3.63, 3.8) is 0 Å². The zero-order valence-electron chi connectivity index (χ0n) is 41.0. The first-order chi connectivity index (χ1) is 28.7. The van der Waals surface area contributed by atoms with Crippen LogP contribution in [0.5, 0.6) is 5.75 Å². The summed E-state index contributed by atoms with van der Waals surface area (Å²) < 4.78 is 29.7. The molecule has 2 rings (SSSR count). The number of methoxy groups -OCH3 is 1. The normalized spacial score (nSPS) is 16.7. The number of ether oxygens (including phenoxy) is 4. The van der Waals surface area contributed by atoms with E-state index in [4.69, 9.17) is 29.1 Å². The van der Waals surface area contributed by atoms with Gasteiger partial charge in [-0.3, -0.25) is 19.3 Å². The molecule has 4 amide bonds. The first-order valence-corrected chi connectivity index (χ1v) is 25.1. The van der Waals surface area contributed by atoms with Gasteiger partial charge < -0.3 is 45.1 Å². The van der Waals surface area contributed by atoms with Crippen LogP contribution in [0.1, 0.15) is 125 Å². The Morgan fingerprint density at radius 3 is 2.05 bits per heavy atom. The lowest BCUT2D eigenvalue weighted by molar-refractivity contribution is -0.129. The molecule has 5 atom stereocenters. The van der Waals surface area contributed by atoms with Crippen molar-refractivity contribution in [1.82, 2.24) is 20.9 Å². The summed E-state index contributed by atoms with van der Waals surface area (Å²) in [6, 6.07) is 5.30. The number of morpholine rings is 1. The van der Waals surface area contributed by atoms with Gasteiger partial charge in [0.15, 0.2) is 0 Å². The number of primary amides is 1. The number of carbonyl (C=O) groups is 4. The predicted octanol–water partition coefficient (Wildman–Crippen LogP) is 7.16. The fraction of sp³-hybridized carbons (Fsp3) is 0.787. The molecule has 0 aromatic heterocycles. The standard InChI is InChI=1S/C47H84N5O9Si/c1-31(2)35(40(53)49-30-47(11,12)43(48)55)27-37(45(5,6)7)38(50-44(56)60-46(8,9)10)28-36(32(3)4)42(61-62(14)15)51-41(54)34-19-18-33(29-52-20-24-58-25-21-52)26-39(34)59-23-17-16-22-57-13/h18-19,26,31-32,35-38,42H,16-17,20-25,27-30H2,1-15H3,(H2,48,55)(H,49,53)(H,50,56)(H,51,54)/t35-,36-,37+,38-,42?/m0/s1. The number of nitrogens with zero attached hydrogens (tertiary/aromatic N) is 1. The van der Waals surface area contributed by atoms with Gasteiger partial charge in [-0.1, -0.05) is 54.5 Å². The molecule has 0 saturated carbocycles. The van der Waals surface area contributed by atoms with E-state index >= 15 is 0 Å². The summed E-state index contributed by atoms with van der Waals surface area (Å²) in [5.74, 6) is -1.49. The van der Waals surface area contributed by atoms with E-state index < -0.39 is 55.7 Å². The van der Waals surface area contributed by atoms with Crippen LogP contribution in [0, 0.1) is 40.4 Å². The van der Waals surface area contributed by atoms with E-state index in [-0.39, 0.29) is 42.0 Å². The summed E-state index contributed by atoms with van der Waals surface area (Å²) >= 11 is 0. The number of rotatable bonds is 25. The van der Waals surface area contributed by atoms with E-state index in [1.807, 2.05) is 65.9 Å². The van der Waals surface area contributed by atoms with Gasteiger partial charge in [0.1, 0.15) is 17.6 Å². The summed E-state index contributed by atoms with van der Waals surface area (Å²) in [5.41, 5.74) is 5.02. The fourth-order valence-corrected chi connectivity index (χ4v) is 8.37. The zero-order chi connectivity index (χ0) is 47.0.